The summed E-state index contributed by atoms with van der Waals surface area (Å²) in [5.74, 6) is -1.01. The van der Waals surface area contributed by atoms with Gasteiger partial charge < -0.3 is 5.11 Å². The van der Waals surface area contributed by atoms with E-state index in [1.165, 1.54) is 5.56 Å². The molecule has 1 heterocycles. The van der Waals surface area contributed by atoms with Gasteiger partial charge in [-0.25, -0.2) is 4.79 Å². The predicted molar refractivity (Wildman–Crippen MR) is 74.3 cm³/mol. The van der Waals surface area contributed by atoms with Gasteiger partial charge in [0.05, 0.1) is 5.69 Å². The molecule has 0 bridgehead atoms. The SMILES string of the molecule is Cn1nc(C(=O)O)cc1-c1ccc(C(C)(C)C)cc1. The van der Waals surface area contributed by atoms with Crippen molar-refractivity contribution in [2.24, 2.45) is 7.05 Å². The molecule has 0 aliphatic carbocycles. The molecule has 1 aromatic carbocycles. The van der Waals surface area contributed by atoms with E-state index in [1.807, 2.05) is 12.1 Å². The first-order chi connectivity index (χ1) is 8.79. The summed E-state index contributed by atoms with van der Waals surface area (Å²) in [4.78, 5) is 10.9. The fourth-order valence-corrected chi connectivity index (χ4v) is 1.98. The number of carbonyl (C=O) groups is 1. The minimum absolute atomic E-state index is 0.0670. The van der Waals surface area contributed by atoms with Crippen molar-refractivity contribution >= 4 is 5.97 Å². The van der Waals surface area contributed by atoms with E-state index in [1.54, 1.807) is 17.8 Å². The van der Waals surface area contributed by atoms with Crippen LogP contribution in [0.1, 0.15) is 36.8 Å². The van der Waals surface area contributed by atoms with Crippen molar-refractivity contribution in [3.63, 3.8) is 0 Å². The van der Waals surface area contributed by atoms with Crippen LogP contribution < -0.4 is 0 Å². The van der Waals surface area contributed by atoms with Crippen molar-refractivity contribution in [3.8, 4) is 11.3 Å². The highest BCUT2D eigenvalue weighted by Gasteiger charge is 2.15. The van der Waals surface area contributed by atoms with E-state index >= 15 is 0 Å². The molecule has 0 aliphatic rings. The first kappa shape index (κ1) is 13.3. The zero-order valence-electron chi connectivity index (χ0n) is 11.6. The Morgan fingerprint density at radius 2 is 1.79 bits per heavy atom. The highest BCUT2D eigenvalue weighted by molar-refractivity contribution is 5.87. The molecule has 1 aromatic heterocycles. The Morgan fingerprint density at radius 1 is 1.21 bits per heavy atom. The van der Waals surface area contributed by atoms with Crippen LogP contribution in [0.2, 0.25) is 0 Å². The molecule has 2 rings (SSSR count). The summed E-state index contributed by atoms with van der Waals surface area (Å²) >= 11 is 0. The number of rotatable bonds is 2. The van der Waals surface area contributed by atoms with Gasteiger partial charge in [-0.1, -0.05) is 45.0 Å². The number of carboxylic acids is 1. The Hall–Kier alpha value is -2.10. The first-order valence-electron chi connectivity index (χ1n) is 6.17. The number of carboxylic acid groups (broad SMARTS) is 1. The van der Waals surface area contributed by atoms with Crippen LogP contribution in [0.3, 0.4) is 0 Å². The summed E-state index contributed by atoms with van der Waals surface area (Å²) in [6.45, 7) is 6.48. The van der Waals surface area contributed by atoms with Crippen LogP contribution in [0.25, 0.3) is 11.3 Å². The molecule has 0 saturated carbocycles. The largest absolute Gasteiger partial charge is 0.476 e. The third-order valence-electron chi connectivity index (χ3n) is 3.15. The van der Waals surface area contributed by atoms with Crippen LogP contribution in [0.4, 0.5) is 0 Å². The summed E-state index contributed by atoms with van der Waals surface area (Å²) in [5.41, 5.74) is 3.19. The van der Waals surface area contributed by atoms with E-state index in [2.05, 4.69) is 38.0 Å². The second kappa shape index (κ2) is 4.53. The number of benzene rings is 1. The van der Waals surface area contributed by atoms with Crippen LogP contribution in [-0.2, 0) is 12.5 Å². The Bertz CT molecular complexity index is 604. The molecule has 100 valence electrons. The van der Waals surface area contributed by atoms with Crippen molar-refractivity contribution in [1.82, 2.24) is 9.78 Å². The van der Waals surface area contributed by atoms with Crippen molar-refractivity contribution in [1.29, 1.82) is 0 Å². The Morgan fingerprint density at radius 3 is 2.21 bits per heavy atom. The summed E-state index contributed by atoms with van der Waals surface area (Å²) in [7, 11) is 1.75. The number of nitrogens with zero attached hydrogens (tertiary/aromatic N) is 2. The van der Waals surface area contributed by atoms with Gasteiger partial charge in [0.25, 0.3) is 0 Å². The molecule has 19 heavy (non-hydrogen) atoms. The van der Waals surface area contributed by atoms with Crippen molar-refractivity contribution in [2.75, 3.05) is 0 Å². The van der Waals surface area contributed by atoms with Gasteiger partial charge >= 0.3 is 5.97 Å². The second-order valence-corrected chi connectivity index (χ2v) is 5.67. The predicted octanol–water partition coefficient (Wildman–Crippen LogP) is 3.08. The van der Waals surface area contributed by atoms with Crippen LogP contribution in [0.5, 0.6) is 0 Å². The third kappa shape index (κ3) is 2.67. The maximum atomic E-state index is 10.9. The standard InChI is InChI=1S/C15H18N2O2/c1-15(2,3)11-7-5-10(6-8-11)13-9-12(14(18)19)16-17(13)4/h5-9H,1-4H3,(H,18,19). The molecule has 0 aliphatic heterocycles. The zero-order chi connectivity index (χ0) is 14.2. The number of aromatic nitrogens is 2. The fraction of sp³-hybridized carbons (Fsp3) is 0.333. The molecule has 0 atom stereocenters. The smallest absolute Gasteiger partial charge is 0.356 e. The van der Waals surface area contributed by atoms with Crippen molar-refractivity contribution < 1.29 is 9.90 Å². The Labute approximate surface area is 112 Å². The minimum Gasteiger partial charge on any atom is -0.476 e. The second-order valence-electron chi connectivity index (χ2n) is 5.67. The zero-order valence-corrected chi connectivity index (χ0v) is 11.6. The number of aromatic carboxylic acids is 1. The Balaban J connectivity index is 2.40. The molecule has 0 saturated heterocycles. The van der Waals surface area contributed by atoms with E-state index in [-0.39, 0.29) is 11.1 Å². The molecule has 4 nitrogen and oxygen atoms in total. The molecule has 1 N–H and O–H groups in total. The van der Waals surface area contributed by atoms with Crippen LogP contribution >= 0.6 is 0 Å². The third-order valence-corrected chi connectivity index (χ3v) is 3.15. The molecule has 0 radical (unpaired) electrons. The Kier molecular flexibility index (Phi) is 3.18. The first-order valence-corrected chi connectivity index (χ1v) is 6.17. The molecule has 2 aromatic rings. The van der Waals surface area contributed by atoms with Gasteiger partial charge in [-0.2, -0.15) is 5.10 Å². The van der Waals surface area contributed by atoms with Gasteiger partial charge in [-0.15, -0.1) is 0 Å². The fourth-order valence-electron chi connectivity index (χ4n) is 1.98. The van der Waals surface area contributed by atoms with E-state index < -0.39 is 5.97 Å². The average molecular weight is 258 g/mol. The van der Waals surface area contributed by atoms with Gasteiger partial charge in [0.1, 0.15) is 0 Å². The van der Waals surface area contributed by atoms with Crippen LogP contribution in [0, 0.1) is 0 Å². The molecule has 0 amide bonds. The lowest BCUT2D eigenvalue weighted by molar-refractivity contribution is 0.0689. The molecular formula is C15H18N2O2. The van der Waals surface area contributed by atoms with Crippen LogP contribution in [0.15, 0.2) is 30.3 Å². The number of hydrogen-bond acceptors (Lipinski definition) is 2. The summed E-state index contributed by atoms with van der Waals surface area (Å²) in [5, 5.41) is 12.9. The lowest BCUT2D eigenvalue weighted by atomic mass is 9.86. The van der Waals surface area contributed by atoms with Gasteiger partial charge in [0, 0.05) is 7.05 Å². The summed E-state index contributed by atoms with van der Waals surface area (Å²) in [6.07, 6.45) is 0. The lowest BCUT2D eigenvalue weighted by Crippen LogP contribution is -2.10. The summed E-state index contributed by atoms with van der Waals surface area (Å²) < 4.78 is 1.59. The van der Waals surface area contributed by atoms with Crippen molar-refractivity contribution in [2.45, 2.75) is 26.2 Å². The highest BCUT2D eigenvalue weighted by atomic mass is 16.4. The number of hydrogen-bond donors (Lipinski definition) is 1. The average Bonchev–Trinajstić information content (AvgIpc) is 2.70. The highest BCUT2D eigenvalue weighted by Crippen LogP contribution is 2.26. The molecule has 4 heteroatoms. The molecular weight excluding hydrogens is 240 g/mol. The van der Waals surface area contributed by atoms with E-state index in [9.17, 15) is 4.79 Å². The molecule has 0 fully saturated rings. The van der Waals surface area contributed by atoms with E-state index in [4.69, 9.17) is 5.11 Å². The molecule has 0 spiro atoms. The summed E-state index contributed by atoms with van der Waals surface area (Å²) in [6, 6.07) is 9.74. The quantitative estimate of drug-likeness (QED) is 0.900. The lowest BCUT2D eigenvalue weighted by Gasteiger charge is -2.19. The molecule has 0 unspecified atom stereocenters. The normalized spacial score (nSPS) is 11.6. The van der Waals surface area contributed by atoms with Gasteiger partial charge in [0.15, 0.2) is 5.69 Å². The number of aryl methyl sites for hydroxylation is 1. The maximum absolute atomic E-state index is 10.9. The topological polar surface area (TPSA) is 55.1 Å². The van der Waals surface area contributed by atoms with Crippen LogP contribution in [-0.4, -0.2) is 20.9 Å². The van der Waals surface area contributed by atoms with Gasteiger partial charge in [0.2, 0.25) is 0 Å². The van der Waals surface area contributed by atoms with E-state index in [0.717, 1.165) is 11.3 Å². The minimum atomic E-state index is -1.01. The van der Waals surface area contributed by atoms with Gasteiger partial charge in [-0.3, -0.25) is 4.68 Å². The maximum Gasteiger partial charge on any atom is 0.356 e. The van der Waals surface area contributed by atoms with Gasteiger partial charge in [-0.05, 0) is 22.6 Å². The van der Waals surface area contributed by atoms with Crippen molar-refractivity contribution in [3.05, 3.63) is 41.6 Å². The monoisotopic (exact) mass is 258 g/mol. The van der Waals surface area contributed by atoms with E-state index in [0.29, 0.717) is 0 Å².